The molecule has 21 heavy (non-hydrogen) atoms. The second kappa shape index (κ2) is 7.75. The Bertz CT molecular complexity index is 365. The zero-order valence-electron chi connectivity index (χ0n) is 13.5. The SMILES string of the molecule is CCN(CC(=O)O)C1CC(NCCC(C)(C)C(=O)OC)C1. The van der Waals surface area contributed by atoms with E-state index in [2.05, 4.69) is 5.32 Å². The fourth-order valence-electron chi connectivity index (χ4n) is 2.69. The zero-order valence-corrected chi connectivity index (χ0v) is 13.5. The molecule has 0 amide bonds. The molecule has 0 aromatic carbocycles. The Kier molecular flexibility index (Phi) is 6.61. The van der Waals surface area contributed by atoms with Crippen molar-refractivity contribution in [3.05, 3.63) is 0 Å². The van der Waals surface area contributed by atoms with Crippen LogP contribution < -0.4 is 5.32 Å². The summed E-state index contributed by atoms with van der Waals surface area (Å²) in [6, 6.07) is 0.781. The van der Waals surface area contributed by atoms with Crippen molar-refractivity contribution in [3.8, 4) is 0 Å². The zero-order chi connectivity index (χ0) is 16.0. The van der Waals surface area contributed by atoms with Crippen molar-refractivity contribution >= 4 is 11.9 Å². The van der Waals surface area contributed by atoms with Gasteiger partial charge in [-0.1, -0.05) is 6.92 Å². The number of carboxylic acid groups (broad SMARTS) is 1. The molecule has 1 aliphatic carbocycles. The first kappa shape index (κ1) is 17.9. The van der Waals surface area contributed by atoms with Gasteiger partial charge in [0.05, 0.1) is 19.1 Å². The number of carbonyl (C=O) groups excluding carboxylic acids is 1. The maximum absolute atomic E-state index is 11.6. The minimum absolute atomic E-state index is 0.114. The maximum Gasteiger partial charge on any atom is 0.317 e. The van der Waals surface area contributed by atoms with Crippen molar-refractivity contribution in [1.82, 2.24) is 10.2 Å². The van der Waals surface area contributed by atoms with Gasteiger partial charge < -0.3 is 15.2 Å². The minimum atomic E-state index is -0.770. The van der Waals surface area contributed by atoms with Gasteiger partial charge >= 0.3 is 11.9 Å². The molecular formula is C15H28N2O4. The van der Waals surface area contributed by atoms with E-state index < -0.39 is 11.4 Å². The van der Waals surface area contributed by atoms with E-state index in [0.717, 1.165) is 32.4 Å². The lowest BCUT2D eigenvalue weighted by molar-refractivity contribution is -0.151. The monoisotopic (exact) mass is 300 g/mol. The molecule has 122 valence electrons. The molecule has 0 atom stereocenters. The molecule has 0 radical (unpaired) electrons. The van der Waals surface area contributed by atoms with E-state index in [1.54, 1.807) is 0 Å². The summed E-state index contributed by atoms with van der Waals surface area (Å²) in [5.41, 5.74) is -0.469. The first-order valence-corrected chi connectivity index (χ1v) is 7.57. The number of ether oxygens (including phenoxy) is 1. The van der Waals surface area contributed by atoms with Crippen molar-refractivity contribution in [2.75, 3.05) is 26.7 Å². The highest BCUT2D eigenvalue weighted by molar-refractivity contribution is 5.75. The molecule has 0 aromatic heterocycles. The fourth-order valence-corrected chi connectivity index (χ4v) is 2.69. The molecule has 0 heterocycles. The van der Waals surface area contributed by atoms with Crippen molar-refractivity contribution in [2.45, 2.75) is 52.1 Å². The Morgan fingerprint density at radius 1 is 1.38 bits per heavy atom. The molecule has 0 aromatic rings. The van der Waals surface area contributed by atoms with Gasteiger partial charge in [-0.15, -0.1) is 0 Å². The van der Waals surface area contributed by atoms with Crippen LogP contribution in [0.5, 0.6) is 0 Å². The van der Waals surface area contributed by atoms with Crippen LogP contribution in [0.1, 0.15) is 40.0 Å². The molecule has 2 N–H and O–H groups in total. The number of aliphatic carboxylic acids is 1. The van der Waals surface area contributed by atoms with Crippen molar-refractivity contribution in [2.24, 2.45) is 5.41 Å². The first-order valence-electron chi connectivity index (χ1n) is 7.57. The van der Waals surface area contributed by atoms with E-state index in [-0.39, 0.29) is 12.5 Å². The quantitative estimate of drug-likeness (QED) is 0.621. The summed E-state index contributed by atoms with van der Waals surface area (Å²) < 4.78 is 4.78. The van der Waals surface area contributed by atoms with Gasteiger partial charge in [-0.05, 0) is 46.2 Å². The minimum Gasteiger partial charge on any atom is -0.480 e. The predicted molar refractivity (Wildman–Crippen MR) is 80.1 cm³/mol. The van der Waals surface area contributed by atoms with Crippen LogP contribution in [0.25, 0.3) is 0 Å². The van der Waals surface area contributed by atoms with Crippen molar-refractivity contribution < 1.29 is 19.4 Å². The second-order valence-corrected chi connectivity index (χ2v) is 6.36. The van der Waals surface area contributed by atoms with Crippen LogP contribution in [0.3, 0.4) is 0 Å². The second-order valence-electron chi connectivity index (χ2n) is 6.36. The van der Waals surface area contributed by atoms with Crippen LogP contribution in [-0.2, 0) is 14.3 Å². The summed E-state index contributed by atoms with van der Waals surface area (Å²) in [4.78, 5) is 24.3. The summed E-state index contributed by atoms with van der Waals surface area (Å²) in [6.45, 7) is 7.40. The van der Waals surface area contributed by atoms with E-state index in [4.69, 9.17) is 9.84 Å². The van der Waals surface area contributed by atoms with Crippen LogP contribution in [0.2, 0.25) is 0 Å². The summed E-state index contributed by atoms with van der Waals surface area (Å²) in [5.74, 6) is -0.956. The molecule has 1 fully saturated rings. The Morgan fingerprint density at radius 3 is 2.48 bits per heavy atom. The molecule has 0 bridgehead atoms. The number of carboxylic acids is 1. The molecule has 1 saturated carbocycles. The molecule has 1 rings (SSSR count). The number of carbonyl (C=O) groups is 2. The molecule has 0 saturated heterocycles. The topological polar surface area (TPSA) is 78.9 Å². The lowest BCUT2D eigenvalue weighted by Crippen LogP contribution is -2.54. The molecule has 0 unspecified atom stereocenters. The number of methoxy groups -OCH3 is 1. The lowest BCUT2D eigenvalue weighted by atomic mass is 9.84. The van der Waals surface area contributed by atoms with Crippen LogP contribution in [0, 0.1) is 5.41 Å². The Balaban J connectivity index is 2.23. The van der Waals surface area contributed by atoms with Crippen molar-refractivity contribution in [3.63, 3.8) is 0 Å². The molecular weight excluding hydrogens is 272 g/mol. The van der Waals surface area contributed by atoms with Gasteiger partial charge in [-0.3, -0.25) is 14.5 Å². The van der Waals surface area contributed by atoms with Crippen LogP contribution in [-0.4, -0.2) is 60.8 Å². The van der Waals surface area contributed by atoms with E-state index in [9.17, 15) is 9.59 Å². The number of esters is 1. The van der Waals surface area contributed by atoms with Crippen LogP contribution >= 0.6 is 0 Å². The van der Waals surface area contributed by atoms with Gasteiger partial charge in [-0.25, -0.2) is 0 Å². The van der Waals surface area contributed by atoms with Gasteiger partial charge in [-0.2, -0.15) is 0 Å². The van der Waals surface area contributed by atoms with Gasteiger partial charge in [0.25, 0.3) is 0 Å². The predicted octanol–water partition coefficient (Wildman–Crippen LogP) is 1.10. The first-order chi connectivity index (χ1) is 9.80. The molecule has 0 spiro atoms. The van der Waals surface area contributed by atoms with E-state index in [1.165, 1.54) is 7.11 Å². The number of nitrogens with one attached hydrogen (secondary N) is 1. The molecule has 0 aliphatic heterocycles. The third kappa shape index (κ3) is 5.28. The highest BCUT2D eigenvalue weighted by Gasteiger charge is 2.34. The highest BCUT2D eigenvalue weighted by Crippen LogP contribution is 2.26. The third-order valence-electron chi connectivity index (χ3n) is 4.30. The number of hydrogen-bond donors (Lipinski definition) is 2. The number of nitrogens with zero attached hydrogens (tertiary/aromatic N) is 1. The largest absolute Gasteiger partial charge is 0.480 e. The van der Waals surface area contributed by atoms with Crippen LogP contribution in [0.15, 0.2) is 0 Å². The van der Waals surface area contributed by atoms with Crippen molar-refractivity contribution in [1.29, 1.82) is 0 Å². The summed E-state index contributed by atoms with van der Waals surface area (Å²) in [5, 5.41) is 12.3. The number of likely N-dealkylation sites (N-methyl/N-ethyl adjacent to an activating group) is 1. The summed E-state index contributed by atoms with van der Waals surface area (Å²) >= 11 is 0. The van der Waals surface area contributed by atoms with Gasteiger partial charge in [0, 0.05) is 12.1 Å². The maximum atomic E-state index is 11.6. The summed E-state index contributed by atoms with van der Waals surface area (Å²) in [6.07, 6.45) is 2.67. The standard InChI is InChI=1S/C15H28N2O4/c1-5-17(10-13(18)19)12-8-11(9-12)16-7-6-15(2,3)14(20)21-4/h11-12,16H,5-10H2,1-4H3,(H,18,19). The Morgan fingerprint density at radius 2 is 2.00 bits per heavy atom. The normalized spacial score (nSPS) is 22.0. The van der Waals surface area contributed by atoms with Gasteiger partial charge in [0.2, 0.25) is 0 Å². The van der Waals surface area contributed by atoms with Crippen LogP contribution in [0.4, 0.5) is 0 Å². The van der Waals surface area contributed by atoms with E-state index in [1.807, 2.05) is 25.7 Å². The molecule has 1 aliphatic rings. The fraction of sp³-hybridized carbons (Fsp3) is 0.867. The van der Waals surface area contributed by atoms with Gasteiger partial charge in [0.15, 0.2) is 0 Å². The molecule has 6 nitrogen and oxygen atoms in total. The lowest BCUT2D eigenvalue weighted by Gasteiger charge is -2.42. The Hall–Kier alpha value is -1.14. The number of rotatable bonds is 9. The average Bonchev–Trinajstić information content (AvgIpc) is 2.37. The van der Waals surface area contributed by atoms with Gasteiger partial charge in [0.1, 0.15) is 0 Å². The smallest absolute Gasteiger partial charge is 0.317 e. The Labute approximate surface area is 126 Å². The highest BCUT2D eigenvalue weighted by atomic mass is 16.5. The average molecular weight is 300 g/mol. The van der Waals surface area contributed by atoms with E-state index in [0.29, 0.717) is 12.1 Å². The van der Waals surface area contributed by atoms with E-state index >= 15 is 0 Å². The summed E-state index contributed by atoms with van der Waals surface area (Å²) in [7, 11) is 1.41. The number of hydrogen-bond acceptors (Lipinski definition) is 5. The molecule has 6 heteroatoms. The third-order valence-corrected chi connectivity index (χ3v) is 4.30.